The van der Waals surface area contributed by atoms with Crippen molar-refractivity contribution < 1.29 is 42.7 Å². The van der Waals surface area contributed by atoms with Crippen LogP contribution in [0, 0.1) is 29.6 Å². The molecule has 0 aromatic carbocycles. The number of hydrogen-bond acceptors (Lipinski definition) is 9. The third-order valence-electron chi connectivity index (χ3n) is 10.8. The molecule has 3 heterocycles. The second kappa shape index (κ2) is 13.7. The summed E-state index contributed by atoms with van der Waals surface area (Å²) in [5.41, 5.74) is 0.820. The van der Waals surface area contributed by atoms with Crippen LogP contribution in [-0.4, -0.2) is 88.2 Å². The maximum absolute atomic E-state index is 13.8. The number of methoxy groups -OCH3 is 3. The minimum Gasteiger partial charge on any atom is -0.462 e. The molecule has 5 aliphatic rings. The van der Waals surface area contributed by atoms with Crippen molar-refractivity contribution >= 4 is 11.8 Å². The summed E-state index contributed by atoms with van der Waals surface area (Å²) < 4.78 is 42.7. The highest BCUT2D eigenvalue weighted by Crippen LogP contribution is 2.54. The minimum atomic E-state index is -0.597. The molecule has 4 fully saturated rings. The molecular formula is C33H52O9. The van der Waals surface area contributed by atoms with E-state index in [-0.39, 0.29) is 90.5 Å². The molecule has 14 atom stereocenters. The van der Waals surface area contributed by atoms with E-state index in [0.29, 0.717) is 0 Å². The number of ether oxygens (including phenoxy) is 7. The van der Waals surface area contributed by atoms with Gasteiger partial charge in [0.2, 0.25) is 0 Å². The quantitative estimate of drug-likeness (QED) is 0.409. The zero-order valence-electron chi connectivity index (χ0n) is 26.5. The average molecular weight is 593 g/mol. The highest BCUT2D eigenvalue weighted by atomic mass is 16.7. The highest BCUT2D eigenvalue weighted by molar-refractivity contribution is 5.98. The van der Waals surface area contributed by atoms with Gasteiger partial charge in [0.15, 0.2) is 12.1 Å². The Balaban J connectivity index is 1.35. The molecule has 0 aromatic heterocycles. The number of allylic oxidation sites excluding steroid dienone is 2. The third-order valence-corrected chi connectivity index (χ3v) is 10.8. The number of ketones is 1. The normalized spacial score (nSPS) is 46.5. The summed E-state index contributed by atoms with van der Waals surface area (Å²) >= 11 is 0. The van der Waals surface area contributed by atoms with Crippen LogP contribution < -0.4 is 0 Å². The number of rotatable bonds is 6. The number of carbonyl (C=O) groups excluding carboxylic acids is 2. The standard InChI is InChI=1S/C33H52O9/c1-8-20-12-10-9-11-17(2)29(35)25-15-23-22-13-21(14-26(22)39-18(3)28(23)24(25)16-27(34)41-20)42-33-32(38-7)31(37-6)30(36-5)19(4)40-33/h15,17-24,26,28,30-33H,8-14,16H2,1-7H3/t17-,18+,19?,20+,21+,22+,23?,24-,26?,28-,30?,31?,32?,33?/m1/s1. The molecule has 9 heteroatoms. The number of carbonyl (C=O) groups is 2. The first-order valence-electron chi connectivity index (χ1n) is 16.2. The Hall–Kier alpha value is -1.36. The van der Waals surface area contributed by atoms with Crippen molar-refractivity contribution in [2.24, 2.45) is 29.6 Å². The molecule has 0 bridgehead atoms. The van der Waals surface area contributed by atoms with Gasteiger partial charge in [0.05, 0.1) is 30.8 Å². The second-order valence-electron chi connectivity index (χ2n) is 13.2. The lowest BCUT2D eigenvalue weighted by Gasteiger charge is -2.44. The largest absolute Gasteiger partial charge is 0.462 e. The molecule has 7 unspecified atom stereocenters. The van der Waals surface area contributed by atoms with E-state index in [1.807, 2.05) is 13.8 Å². The van der Waals surface area contributed by atoms with Gasteiger partial charge in [-0.2, -0.15) is 0 Å². The van der Waals surface area contributed by atoms with Crippen molar-refractivity contribution in [3.8, 4) is 0 Å². The number of hydrogen-bond donors (Lipinski definition) is 0. The van der Waals surface area contributed by atoms with Crippen molar-refractivity contribution in [2.75, 3.05) is 21.3 Å². The van der Waals surface area contributed by atoms with Gasteiger partial charge in [-0.3, -0.25) is 9.59 Å². The third kappa shape index (κ3) is 6.24. The molecule has 9 nitrogen and oxygen atoms in total. The average Bonchev–Trinajstić information content (AvgIpc) is 3.54. The van der Waals surface area contributed by atoms with Gasteiger partial charge in [0, 0.05) is 39.6 Å². The summed E-state index contributed by atoms with van der Waals surface area (Å²) in [7, 11) is 4.95. The van der Waals surface area contributed by atoms with E-state index in [1.165, 1.54) is 0 Å². The van der Waals surface area contributed by atoms with Crippen molar-refractivity contribution in [3.63, 3.8) is 0 Å². The van der Waals surface area contributed by atoms with Gasteiger partial charge in [0.1, 0.15) is 24.4 Å². The summed E-state index contributed by atoms with van der Waals surface area (Å²) in [6, 6.07) is 0. The summed E-state index contributed by atoms with van der Waals surface area (Å²) in [5, 5.41) is 0. The lowest BCUT2D eigenvalue weighted by Crippen LogP contribution is -2.59. The summed E-state index contributed by atoms with van der Waals surface area (Å²) in [4.78, 5) is 27.0. The first-order chi connectivity index (χ1) is 20.2. The van der Waals surface area contributed by atoms with Gasteiger partial charge in [-0.25, -0.2) is 0 Å². The van der Waals surface area contributed by atoms with Crippen LogP contribution in [0.15, 0.2) is 11.6 Å². The van der Waals surface area contributed by atoms with Crippen molar-refractivity contribution in [1.82, 2.24) is 0 Å². The zero-order valence-corrected chi connectivity index (χ0v) is 26.5. The Kier molecular flexibility index (Phi) is 10.5. The molecule has 2 aliphatic carbocycles. The topological polar surface area (TPSA) is 98.8 Å². The summed E-state index contributed by atoms with van der Waals surface area (Å²) in [6.45, 7) is 8.18. The molecule has 1 saturated carbocycles. The van der Waals surface area contributed by atoms with Crippen LogP contribution in [0.25, 0.3) is 0 Å². The molecule has 0 N–H and O–H groups in total. The Morgan fingerprint density at radius 1 is 0.881 bits per heavy atom. The fourth-order valence-corrected chi connectivity index (χ4v) is 8.61. The van der Waals surface area contributed by atoms with E-state index in [2.05, 4.69) is 19.9 Å². The predicted octanol–water partition coefficient (Wildman–Crippen LogP) is 4.64. The van der Waals surface area contributed by atoms with E-state index in [0.717, 1.165) is 50.5 Å². The Morgan fingerprint density at radius 3 is 2.29 bits per heavy atom. The molecule has 3 aliphatic heterocycles. The number of fused-ring (bicyclic) bond motifs is 5. The minimum absolute atomic E-state index is 0.0143. The van der Waals surface area contributed by atoms with Crippen LogP contribution in [0.2, 0.25) is 0 Å². The van der Waals surface area contributed by atoms with Gasteiger partial charge in [-0.05, 0) is 69.3 Å². The Morgan fingerprint density at radius 2 is 1.60 bits per heavy atom. The molecule has 5 rings (SSSR count). The van der Waals surface area contributed by atoms with Gasteiger partial charge < -0.3 is 33.2 Å². The number of Topliss-reactive ketones (excluding diaryl/α,β-unsaturated/α-hetero) is 1. The summed E-state index contributed by atoms with van der Waals surface area (Å²) in [5.74, 6) is 0.164. The monoisotopic (exact) mass is 592 g/mol. The first kappa shape index (κ1) is 32.0. The number of cyclic esters (lactones) is 1. The number of esters is 1. The molecule has 0 radical (unpaired) electrons. The van der Waals surface area contributed by atoms with E-state index in [1.54, 1.807) is 21.3 Å². The van der Waals surface area contributed by atoms with Gasteiger partial charge in [-0.1, -0.05) is 26.3 Å². The lowest BCUT2D eigenvalue weighted by atomic mass is 9.71. The van der Waals surface area contributed by atoms with E-state index in [9.17, 15) is 9.59 Å². The summed E-state index contributed by atoms with van der Waals surface area (Å²) in [6.07, 6.45) is 6.39. The zero-order chi connectivity index (χ0) is 30.1. The van der Waals surface area contributed by atoms with Crippen LogP contribution in [0.1, 0.15) is 79.1 Å². The van der Waals surface area contributed by atoms with Crippen molar-refractivity contribution in [2.45, 2.75) is 134 Å². The van der Waals surface area contributed by atoms with Crippen LogP contribution in [-0.2, 0) is 42.7 Å². The van der Waals surface area contributed by atoms with Crippen molar-refractivity contribution in [1.29, 1.82) is 0 Å². The highest BCUT2D eigenvalue weighted by Gasteiger charge is 2.56. The van der Waals surface area contributed by atoms with E-state index >= 15 is 0 Å². The van der Waals surface area contributed by atoms with E-state index in [4.69, 9.17) is 33.2 Å². The Labute approximate surface area is 251 Å². The van der Waals surface area contributed by atoms with Crippen LogP contribution in [0.3, 0.4) is 0 Å². The maximum atomic E-state index is 13.8. The molecule has 3 saturated heterocycles. The molecule has 42 heavy (non-hydrogen) atoms. The predicted molar refractivity (Wildman–Crippen MR) is 155 cm³/mol. The van der Waals surface area contributed by atoms with Crippen LogP contribution >= 0.6 is 0 Å². The lowest BCUT2D eigenvalue weighted by molar-refractivity contribution is -0.314. The van der Waals surface area contributed by atoms with E-state index < -0.39 is 12.4 Å². The van der Waals surface area contributed by atoms with Crippen LogP contribution in [0.4, 0.5) is 0 Å². The van der Waals surface area contributed by atoms with Gasteiger partial charge in [-0.15, -0.1) is 0 Å². The molecule has 0 aromatic rings. The van der Waals surface area contributed by atoms with Gasteiger partial charge in [0.25, 0.3) is 0 Å². The van der Waals surface area contributed by atoms with Crippen LogP contribution in [0.5, 0.6) is 0 Å². The molecule has 0 amide bonds. The molecule has 0 spiro atoms. The SMILES string of the molecule is CC[C@H]1CCCC[C@@H](C)C(=O)C2=CC3[C@@H]4C[C@H](OC5OC(C)C(OC)C(OC)C5OC)CC4O[C@@H](C)[C@H]3[C@@H]2CC(=O)O1. The second-order valence-corrected chi connectivity index (χ2v) is 13.2. The first-order valence-corrected chi connectivity index (χ1v) is 16.2. The van der Waals surface area contributed by atoms with Crippen molar-refractivity contribution in [3.05, 3.63) is 11.6 Å². The smallest absolute Gasteiger partial charge is 0.306 e. The maximum Gasteiger partial charge on any atom is 0.306 e. The molecule has 238 valence electrons. The van der Waals surface area contributed by atoms with Gasteiger partial charge >= 0.3 is 5.97 Å². The molecular weight excluding hydrogens is 540 g/mol. The fraction of sp³-hybridized carbons (Fsp3) is 0.879. The fourth-order valence-electron chi connectivity index (χ4n) is 8.61. The Bertz CT molecular complexity index is 983.